The number of rotatable bonds is 7. The zero-order valence-electron chi connectivity index (χ0n) is 9.25. The smallest absolute Gasteiger partial charge is 0.476 e. The van der Waals surface area contributed by atoms with E-state index in [1.165, 1.54) is 0 Å². The Morgan fingerprint density at radius 1 is 1.08 bits per heavy atom. The summed E-state index contributed by atoms with van der Waals surface area (Å²) in [4.78, 5) is 0. The van der Waals surface area contributed by atoms with Crippen LogP contribution in [-0.4, -0.2) is 33.6 Å². The van der Waals surface area contributed by atoms with Gasteiger partial charge in [0.15, 0.2) is 0 Å². The van der Waals surface area contributed by atoms with E-state index in [4.69, 9.17) is 13.3 Å². The Morgan fingerprint density at radius 2 is 1.54 bits per heavy atom. The minimum atomic E-state index is -1.45. The van der Waals surface area contributed by atoms with Crippen LogP contribution in [0.2, 0.25) is 5.28 Å². The molecule has 0 aromatic rings. The summed E-state index contributed by atoms with van der Waals surface area (Å²) in [6.45, 7) is 8.92. The lowest BCUT2D eigenvalue weighted by Crippen LogP contribution is -2.29. The van der Waals surface area contributed by atoms with Crippen LogP contribution < -0.4 is 5.73 Å². The Hall–Kier alpha value is 0.412. The third-order valence-electron chi connectivity index (χ3n) is 1.49. The van der Waals surface area contributed by atoms with Crippen LogP contribution in [0.1, 0.15) is 34.1 Å². The van der Waals surface area contributed by atoms with Crippen molar-refractivity contribution >= 4 is 14.8 Å². The molecule has 2 N–H and O–H groups in total. The van der Waals surface area contributed by atoms with Crippen LogP contribution in [0, 0.1) is 0 Å². The minimum Gasteiger partial charge on any atom is -0.476 e. The zero-order valence-corrected chi connectivity index (χ0v) is 10.4. The molecule has 0 radical (unpaired) electrons. The van der Waals surface area contributed by atoms with Gasteiger partial charge in [-0.1, -0.05) is 0 Å². The minimum absolute atomic E-state index is 0.271. The lowest BCUT2D eigenvalue weighted by Gasteiger charge is -2.18. The average molecular weight is 203 g/mol. The number of hydrogen-bond donors (Lipinski definition) is 1. The summed E-state index contributed by atoms with van der Waals surface area (Å²) in [5.74, 6) is 0. The van der Waals surface area contributed by atoms with Crippen molar-refractivity contribution in [3.63, 3.8) is 0 Å². The fourth-order valence-corrected chi connectivity index (χ4v) is 3.18. The molecule has 4 heteroatoms. The summed E-state index contributed by atoms with van der Waals surface area (Å²) in [6, 6.07) is 0. The maximum Gasteiger partial charge on any atom is 0.675 e. The van der Waals surface area contributed by atoms with Gasteiger partial charge in [-0.05, 0) is 45.9 Å². The summed E-state index contributed by atoms with van der Waals surface area (Å²) < 4.78 is 11.4. The van der Waals surface area contributed by atoms with E-state index in [0.29, 0.717) is 0 Å². The lowest BCUT2D eigenvalue weighted by molar-refractivity contribution is 0.129. The summed E-state index contributed by atoms with van der Waals surface area (Å²) >= 11 is -1.45. The number of nitrogens with two attached hydrogens (primary N) is 1. The Morgan fingerprint density at radius 3 is 1.85 bits per heavy atom. The van der Waals surface area contributed by atoms with E-state index in [1.54, 1.807) is 0 Å². The van der Waals surface area contributed by atoms with Crippen LogP contribution in [0.15, 0.2) is 0 Å². The largest absolute Gasteiger partial charge is 0.675 e. The summed E-state index contributed by atoms with van der Waals surface area (Å²) in [5, 5.41) is 1.02. The van der Waals surface area contributed by atoms with E-state index in [1.807, 2.05) is 27.7 Å². The van der Waals surface area contributed by atoms with Crippen LogP contribution in [0.3, 0.4) is 0 Å². The van der Waals surface area contributed by atoms with Crippen LogP contribution in [-0.2, 0) is 7.58 Å². The van der Waals surface area contributed by atoms with Gasteiger partial charge in [0.2, 0.25) is 0 Å². The topological polar surface area (TPSA) is 44.5 Å². The normalized spacial score (nSPS) is 11.3. The van der Waals surface area contributed by atoms with Gasteiger partial charge >= 0.3 is 14.8 Å². The van der Waals surface area contributed by atoms with Gasteiger partial charge in [0.05, 0.1) is 0 Å². The molecule has 0 aromatic heterocycles. The molecule has 3 nitrogen and oxygen atoms in total. The van der Waals surface area contributed by atoms with E-state index in [2.05, 4.69) is 0 Å². The number of hydrogen-bond acceptors (Lipinski definition) is 3. The molecule has 0 unspecified atom stereocenters. The van der Waals surface area contributed by atoms with Crippen molar-refractivity contribution in [2.24, 2.45) is 5.73 Å². The van der Waals surface area contributed by atoms with Crippen molar-refractivity contribution in [3.05, 3.63) is 0 Å². The van der Waals surface area contributed by atoms with Gasteiger partial charge in [0, 0.05) is 12.2 Å². The van der Waals surface area contributed by atoms with Crippen LogP contribution >= 0.6 is 0 Å². The fraction of sp³-hybridized carbons (Fsp3) is 1.00. The summed E-state index contributed by atoms with van der Waals surface area (Å²) in [7, 11) is 0. The second-order valence-electron chi connectivity index (χ2n) is 3.73. The summed E-state index contributed by atoms with van der Waals surface area (Å²) in [5.41, 5.74) is 5.45. The van der Waals surface area contributed by atoms with Gasteiger partial charge in [-0.15, -0.1) is 0 Å². The van der Waals surface area contributed by atoms with Crippen LogP contribution in [0.25, 0.3) is 0 Å². The molecule has 0 fully saturated rings. The van der Waals surface area contributed by atoms with E-state index in [0.717, 1.165) is 18.2 Å². The van der Waals surface area contributed by atoms with Crippen molar-refractivity contribution < 1.29 is 7.58 Å². The molecule has 0 atom stereocenters. The van der Waals surface area contributed by atoms with E-state index >= 15 is 0 Å². The first-order chi connectivity index (χ1) is 6.06. The highest BCUT2D eigenvalue weighted by molar-refractivity contribution is 6.44. The summed E-state index contributed by atoms with van der Waals surface area (Å²) in [6.07, 6.45) is 1.55. The van der Waals surface area contributed by atoms with Crippen molar-refractivity contribution in [2.45, 2.75) is 51.6 Å². The first-order valence-electron chi connectivity index (χ1n) is 5.07. The average Bonchev–Trinajstić information content (AvgIpc) is 1.98. The molecule has 0 aliphatic heterocycles. The predicted octanol–water partition coefficient (Wildman–Crippen LogP) is 1.67. The molecule has 0 aliphatic carbocycles. The van der Waals surface area contributed by atoms with Crippen LogP contribution in [0.4, 0.5) is 0 Å². The molecule has 0 saturated carbocycles. The zero-order chi connectivity index (χ0) is 10.3. The van der Waals surface area contributed by atoms with Gasteiger partial charge in [-0.25, -0.2) is 0 Å². The quantitative estimate of drug-likeness (QED) is 0.640. The van der Waals surface area contributed by atoms with Crippen molar-refractivity contribution in [3.8, 4) is 0 Å². The molecule has 78 valence electrons. The van der Waals surface area contributed by atoms with E-state index in [-0.39, 0.29) is 12.2 Å². The molecular weight excluding hydrogens is 181 g/mol. The van der Waals surface area contributed by atoms with E-state index < -0.39 is 14.8 Å². The third kappa shape index (κ3) is 8.73. The lowest BCUT2D eigenvalue weighted by atomic mass is 10.5. The van der Waals surface area contributed by atoms with Gasteiger partial charge in [-0.2, -0.15) is 0 Å². The van der Waals surface area contributed by atoms with Crippen molar-refractivity contribution in [1.82, 2.24) is 0 Å². The Labute approximate surface area is 86.7 Å². The monoisotopic (exact) mass is 203 g/mol. The molecule has 0 bridgehead atoms. The van der Waals surface area contributed by atoms with Gasteiger partial charge in [-0.3, -0.25) is 0 Å². The SMILES string of the molecule is CC(C)[O][Al]([CH2]CCN)[O]C(C)C. The molecular formula is C9H22AlNO2. The first kappa shape index (κ1) is 13.4. The van der Waals surface area contributed by atoms with Crippen molar-refractivity contribution in [1.29, 1.82) is 0 Å². The van der Waals surface area contributed by atoms with Gasteiger partial charge in [0.25, 0.3) is 0 Å². The van der Waals surface area contributed by atoms with Crippen molar-refractivity contribution in [2.75, 3.05) is 6.54 Å². The molecule has 0 saturated heterocycles. The highest BCUT2D eigenvalue weighted by atomic mass is 27.2. The fourth-order valence-electron chi connectivity index (χ4n) is 1.06. The first-order valence-corrected chi connectivity index (χ1v) is 6.83. The van der Waals surface area contributed by atoms with Gasteiger partial charge < -0.3 is 13.3 Å². The molecule has 0 heterocycles. The molecule has 0 amide bonds. The second kappa shape index (κ2) is 7.78. The van der Waals surface area contributed by atoms with E-state index in [9.17, 15) is 0 Å². The molecule has 0 aromatic carbocycles. The maximum absolute atomic E-state index is 5.72. The highest BCUT2D eigenvalue weighted by Gasteiger charge is 2.26. The molecule has 0 spiro atoms. The Balaban J connectivity index is 3.73. The Kier molecular flexibility index (Phi) is 8.03. The molecule has 0 aliphatic rings. The predicted molar refractivity (Wildman–Crippen MR) is 56.7 cm³/mol. The van der Waals surface area contributed by atoms with Gasteiger partial charge in [0.1, 0.15) is 0 Å². The molecule has 13 heavy (non-hydrogen) atoms. The molecule has 0 rings (SSSR count). The highest BCUT2D eigenvalue weighted by Crippen LogP contribution is 2.06. The Bertz CT molecular complexity index is 110. The second-order valence-corrected chi connectivity index (χ2v) is 5.71. The third-order valence-corrected chi connectivity index (χ3v) is 4.07. The standard InChI is InChI=1S/C3H8N.2C3H7O.Al/c1-2-3-4;2*1-3(2)4;/h1-4H2;2*3H,1-2H3;/q;2*-1;+2. The van der Waals surface area contributed by atoms with Crippen LogP contribution in [0.5, 0.6) is 0 Å². The maximum atomic E-state index is 5.72.